The summed E-state index contributed by atoms with van der Waals surface area (Å²) in [6.07, 6.45) is 6.03. The number of carboxylic acid groups (broad SMARTS) is 1. The van der Waals surface area contributed by atoms with E-state index in [1.165, 1.54) is 0 Å². The molecule has 0 saturated carbocycles. The number of amides is 2. The van der Waals surface area contributed by atoms with Gasteiger partial charge in [0.05, 0.1) is 0 Å². The highest BCUT2D eigenvalue weighted by Crippen LogP contribution is 2.05. The van der Waals surface area contributed by atoms with Crippen molar-refractivity contribution in [1.82, 2.24) is 10.2 Å². The van der Waals surface area contributed by atoms with E-state index in [0.717, 1.165) is 6.42 Å². The maximum Gasteiger partial charge on any atom is 0.327 e. The number of carbonyl (C=O) groups excluding carboxylic acids is 1. The van der Waals surface area contributed by atoms with Crippen LogP contribution in [0.2, 0.25) is 0 Å². The summed E-state index contributed by atoms with van der Waals surface area (Å²) in [5.41, 5.74) is 0. The number of rotatable bonds is 7. The molecule has 0 spiro atoms. The number of hydrogen-bond donors (Lipinski definition) is 2. The van der Waals surface area contributed by atoms with E-state index in [1.807, 2.05) is 13.8 Å². The van der Waals surface area contributed by atoms with Gasteiger partial charge in [-0.1, -0.05) is 20.3 Å². The monoisotopic (exact) mass is 254 g/mol. The third kappa shape index (κ3) is 5.58. The molecule has 18 heavy (non-hydrogen) atoms. The molecule has 0 aromatic rings. The van der Waals surface area contributed by atoms with Crippen molar-refractivity contribution in [1.29, 1.82) is 0 Å². The molecule has 5 nitrogen and oxygen atoms in total. The maximum atomic E-state index is 11.9. The van der Waals surface area contributed by atoms with Gasteiger partial charge in [-0.3, -0.25) is 0 Å². The summed E-state index contributed by atoms with van der Waals surface area (Å²) in [5.74, 6) is 1.52. The average molecular weight is 254 g/mol. The van der Waals surface area contributed by atoms with Gasteiger partial charge in [-0.15, -0.1) is 12.3 Å². The fourth-order valence-corrected chi connectivity index (χ4v) is 1.42. The van der Waals surface area contributed by atoms with Crippen LogP contribution in [0, 0.1) is 18.3 Å². The van der Waals surface area contributed by atoms with E-state index in [9.17, 15) is 9.59 Å². The van der Waals surface area contributed by atoms with E-state index in [-0.39, 0.29) is 12.5 Å². The normalized spacial score (nSPS) is 13.2. The van der Waals surface area contributed by atoms with Gasteiger partial charge < -0.3 is 15.3 Å². The van der Waals surface area contributed by atoms with Crippen LogP contribution in [0.1, 0.15) is 33.6 Å². The molecule has 0 rings (SSSR count). The van der Waals surface area contributed by atoms with Crippen LogP contribution in [0.25, 0.3) is 0 Å². The predicted molar refractivity (Wildman–Crippen MR) is 70.1 cm³/mol. The lowest BCUT2D eigenvalue weighted by Gasteiger charge is -2.25. The Morgan fingerprint density at radius 2 is 2.06 bits per heavy atom. The number of aliphatic carboxylic acids is 1. The second kappa shape index (κ2) is 8.40. The van der Waals surface area contributed by atoms with Gasteiger partial charge in [0.2, 0.25) is 0 Å². The van der Waals surface area contributed by atoms with Gasteiger partial charge in [0.15, 0.2) is 0 Å². The molecular formula is C13H22N2O3. The molecule has 0 aromatic heterocycles. The van der Waals surface area contributed by atoms with E-state index in [4.69, 9.17) is 11.5 Å². The average Bonchev–Trinajstić information content (AvgIpc) is 2.34. The Hall–Kier alpha value is -1.70. The Morgan fingerprint density at radius 1 is 1.44 bits per heavy atom. The highest BCUT2D eigenvalue weighted by molar-refractivity contribution is 5.82. The van der Waals surface area contributed by atoms with Crippen molar-refractivity contribution in [3.8, 4) is 12.3 Å². The van der Waals surface area contributed by atoms with Crippen molar-refractivity contribution >= 4 is 12.0 Å². The van der Waals surface area contributed by atoms with Crippen LogP contribution in [0.5, 0.6) is 0 Å². The zero-order valence-electron chi connectivity index (χ0n) is 11.3. The fraction of sp³-hybridized carbons (Fsp3) is 0.692. The summed E-state index contributed by atoms with van der Waals surface area (Å²) in [5, 5.41) is 11.3. The minimum atomic E-state index is -1.11. The molecule has 102 valence electrons. The van der Waals surface area contributed by atoms with Crippen molar-refractivity contribution in [3.05, 3.63) is 0 Å². The highest BCUT2D eigenvalue weighted by atomic mass is 16.4. The summed E-state index contributed by atoms with van der Waals surface area (Å²) in [6, 6.07) is -1.39. The summed E-state index contributed by atoms with van der Waals surface area (Å²) in [6.45, 7) is 7.11. The molecule has 2 N–H and O–H groups in total. The van der Waals surface area contributed by atoms with Crippen molar-refractivity contribution in [2.75, 3.05) is 13.1 Å². The molecule has 0 bridgehead atoms. The lowest BCUT2D eigenvalue weighted by Crippen LogP contribution is -2.48. The minimum Gasteiger partial charge on any atom is -0.480 e. The van der Waals surface area contributed by atoms with E-state index >= 15 is 0 Å². The summed E-state index contributed by atoms with van der Waals surface area (Å²) in [7, 11) is 0. The molecule has 0 aliphatic rings. The first kappa shape index (κ1) is 16.3. The first-order valence-electron chi connectivity index (χ1n) is 6.17. The number of nitrogens with one attached hydrogen (secondary N) is 1. The predicted octanol–water partition coefficient (Wildman–Crippen LogP) is 1.54. The van der Waals surface area contributed by atoms with Gasteiger partial charge in [0.1, 0.15) is 6.04 Å². The number of nitrogens with zero attached hydrogens (tertiary/aromatic N) is 1. The molecule has 0 aliphatic heterocycles. The molecule has 0 fully saturated rings. The Kier molecular flexibility index (Phi) is 7.61. The van der Waals surface area contributed by atoms with Crippen LogP contribution >= 0.6 is 0 Å². The van der Waals surface area contributed by atoms with E-state index in [0.29, 0.717) is 19.0 Å². The smallest absolute Gasteiger partial charge is 0.327 e. The SMILES string of the molecule is C#CCC(NC(=O)N(CC)CC(C)CC)C(=O)O. The van der Waals surface area contributed by atoms with Crippen LogP contribution in [-0.4, -0.2) is 41.1 Å². The molecule has 0 saturated heterocycles. The molecule has 0 heterocycles. The van der Waals surface area contributed by atoms with Crippen LogP contribution in [-0.2, 0) is 4.79 Å². The van der Waals surface area contributed by atoms with Gasteiger partial charge in [-0.2, -0.15) is 0 Å². The summed E-state index contributed by atoms with van der Waals surface area (Å²) in [4.78, 5) is 24.4. The maximum absolute atomic E-state index is 11.9. The third-order valence-corrected chi connectivity index (χ3v) is 2.82. The molecule has 0 aliphatic carbocycles. The zero-order valence-corrected chi connectivity index (χ0v) is 11.3. The molecular weight excluding hydrogens is 232 g/mol. The van der Waals surface area contributed by atoms with Gasteiger partial charge in [0.25, 0.3) is 0 Å². The number of carboxylic acids is 1. The highest BCUT2D eigenvalue weighted by Gasteiger charge is 2.22. The number of carbonyl (C=O) groups is 2. The lowest BCUT2D eigenvalue weighted by atomic mass is 10.1. The van der Waals surface area contributed by atoms with Gasteiger partial charge >= 0.3 is 12.0 Å². The second-order valence-electron chi connectivity index (χ2n) is 4.30. The Balaban J connectivity index is 4.50. The Morgan fingerprint density at radius 3 is 2.44 bits per heavy atom. The fourth-order valence-electron chi connectivity index (χ4n) is 1.42. The van der Waals surface area contributed by atoms with Crippen molar-refractivity contribution in [3.63, 3.8) is 0 Å². The molecule has 0 aromatic carbocycles. The Bertz CT molecular complexity index is 323. The van der Waals surface area contributed by atoms with Crippen LogP contribution in [0.4, 0.5) is 4.79 Å². The van der Waals surface area contributed by atoms with Gasteiger partial charge in [0, 0.05) is 19.5 Å². The number of urea groups is 1. The van der Waals surface area contributed by atoms with E-state index < -0.39 is 12.0 Å². The number of terminal acetylenes is 1. The van der Waals surface area contributed by atoms with Crippen molar-refractivity contribution in [2.24, 2.45) is 5.92 Å². The standard InChI is InChI=1S/C13H22N2O3/c1-5-8-11(12(16)17)14-13(18)15(7-3)9-10(4)6-2/h1,10-11H,6-9H2,2-4H3,(H,14,18)(H,16,17). The van der Waals surface area contributed by atoms with Crippen molar-refractivity contribution < 1.29 is 14.7 Å². The minimum absolute atomic E-state index is 0.0119. The summed E-state index contributed by atoms with van der Waals surface area (Å²) >= 11 is 0. The number of hydrogen-bond acceptors (Lipinski definition) is 2. The van der Waals surface area contributed by atoms with Gasteiger partial charge in [-0.05, 0) is 12.8 Å². The van der Waals surface area contributed by atoms with Crippen LogP contribution in [0.15, 0.2) is 0 Å². The third-order valence-electron chi connectivity index (χ3n) is 2.82. The topological polar surface area (TPSA) is 69.6 Å². The van der Waals surface area contributed by atoms with Gasteiger partial charge in [-0.25, -0.2) is 9.59 Å². The zero-order chi connectivity index (χ0) is 14.1. The molecule has 2 atom stereocenters. The molecule has 2 unspecified atom stereocenters. The van der Waals surface area contributed by atoms with Crippen LogP contribution < -0.4 is 5.32 Å². The lowest BCUT2D eigenvalue weighted by molar-refractivity contribution is -0.139. The second-order valence-corrected chi connectivity index (χ2v) is 4.30. The summed E-state index contributed by atoms with van der Waals surface area (Å²) < 4.78 is 0. The first-order valence-corrected chi connectivity index (χ1v) is 6.17. The molecule has 0 radical (unpaired) electrons. The molecule has 5 heteroatoms. The van der Waals surface area contributed by atoms with Crippen LogP contribution in [0.3, 0.4) is 0 Å². The Labute approximate surface area is 109 Å². The first-order chi connectivity index (χ1) is 8.46. The molecule has 2 amide bonds. The van der Waals surface area contributed by atoms with E-state index in [1.54, 1.807) is 4.90 Å². The quantitative estimate of drug-likeness (QED) is 0.677. The largest absolute Gasteiger partial charge is 0.480 e. The van der Waals surface area contributed by atoms with Crippen molar-refractivity contribution in [2.45, 2.75) is 39.7 Å². The van der Waals surface area contributed by atoms with E-state index in [2.05, 4.69) is 18.2 Å².